The molecule has 1 atom stereocenters. The SMILES string of the molecule is CCCCC(=O)c1ccccc1C(=O)NC(CO)C(=O)O. The Bertz CT molecular complexity index is 527. The number of Topliss-reactive ketones (excluding diaryl/α,β-unsaturated/α-hetero) is 1. The van der Waals surface area contributed by atoms with Gasteiger partial charge in [-0.3, -0.25) is 9.59 Å². The number of amides is 1. The third-order valence-electron chi connectivity index (χ3n) is 3.02. The summed E-state index contributed by atoms with van der Waals surface area (Å²) in [4.78, 5) is 35.0. The molecule has 0 saturated heterocycles. The number of carboxylic acids is 1. The maximum Gasteiger partial charge on any atom is 0.328 e. The number of hydrogen-bond acceptors (Lipinski definition) is 4. The van der Waals surface area contributed by atoms with Crippen LogP contribution in [0.5, 0.6) is 0 Å². The second-order valence-corrected chi connectivity index (χ2v) is 4.62. The molecule has 114 valence electrons. The van der Waals surface area contributed by atoms with E-state index in [-0.39, 0.29) is 16.9 Å². The molecule has 0 saturated carbocycles. The van der Waals surface area contributed by atoms with Crippen LogP contribution in [0.25, 0.3) is 0 Å². The number of carbonyl (C=O) groups is 3. The maximum atomic E-state index is 12.1. The van der Waals surface area contributed by atoms with E-state index in [4.69, 9.17) is 10.2 Å². The van der Waals surface area contributed by atoms with Gasteiger partial charge in [-0.1, -0.05) is 31.5 Å². The number of nitrogens with one attached hydrogen (secondary N) is 1. The number of benzene rings is 1. The first-order valence-corrected chi connectivity index (χ1v) is 6.78. The molecule has 1 amide bonds. The molecule has 1 unspecified atom stereocenters. The fraction of sp³-hybridized carbons (Fsp3) is 0.400. The van der Waals surface area contributed by atoms with Gasteiger partial charge in [-0.15, -0.1) is 0 Å². The molecule has 6 nitrogen and oxygen atoms in total. The van der Waals surface area contributed by atoms with Gasteiger partial charge in [0.2, 0.25) is 0 Å². The van der Waals surface area contributed by atoms with Gasteiger partial charge in [-0.25, -0.2) is 4.79 Å². The highest BCUT2D eigenvalue weighted by molar-refractivity contribution is 6.08. The summed E-state index contributed by atoms with van der Waals surface area (Å²) < 4.78 is 0. The molecule has 3 N–H and O–H groups in total. The van der Waals surface area contributed by atoms with Gasteiger partial charge < -0.3 is 15.5 Å². The van der Waals surface area contributed by atoms with Crippen molar-refractivity contribution in [1.29, 1.82) is 0 Å². The Hall–Kier alpha value is -2.21. The lowest BCUT2D eigenvalue weighted by atomic mass is 9.99. The van der Waals surface area contributed by atoms with Crippen LogP contribution in [-0.2, 0) is 4.79 Å². The number of carboxylic acid groups (broad SMARTS) is 1. The van der Waals surface area contributed by atoms with E-state index < -0.39 is 24.5 Å². The molecule has 1 rings (SSSR count). The molecule has 0 aromatic heterocycles. The van der Waals surface area contributed by atoms with Crippen molar-refractivity contribution in [3.8, 4) is 0 Å². The molecule has 6 heteroatoms. The van der Waals surface area contributed by atoms with Crippen LogP contribution in [0.1, 0.15) is 46.9 Å². The maximum absolute atomic E-state index is 12.1. The number of aliphatic carboxylic acids is 1. The fourth-order valence-electron chi connectivity index (χ4n) is 1.82. The summed E-state index contributed by atoms with van der Waals surface area (Å²) in [6, 6.07) is 4.86. The van der Waals surface area contributed by atoms with Crippen LogP contribution in [0.15, 0.2) is 24.3 Å². The van der Waals surface area contributed by atoms with E-state index in [0.29, 0.717) is 6.42 Å². The highest BCUT2D eigenvalue weighted by atomic mass is 16.4. The Morgan fingerprint density at radius 2 is 1.81 bits per heavy atom. The normalized spacial score (nSPS) is 11.7. The molecular formula is C15H19NO5. The zero-order valence-electron chi connectivity index (χ0n) is 11.8. The second kappa shape index (κ2) is 8.16. The van der Waals surface area contributed by atoms with Crippen LogP contribution < -0.4 is 5.32 Å². The number of aliphatic hydroxyl groups is 1. The Morgan fingerprint density at radius 3 is 2.33 bits per heavy atom. The summed E-state index contributed by atoms with van der Waals surface area (Å²) in [5, 5.41) is 19.9. The van der Waals surface area contributed by atoms with Crippen LogP contribution >= 0.6 is 0 Å². The van der Waals surface area contributed by atoms with Crippen molar-refractivity contribution in [1.82, 2.24) is 5.32 Å². The summed E-state index contributed by atoms with van der Waals surface area (Å²) in [5.74, 6) is -2.17. The zero-order chi connectivity index (χ0) is 15.8. The van der Waals surface area contributed by atoms with Gasteiger partial charge in [-0.05, 0) is 12.5 Å². The van der Waals surface area contributed by atoms with Crippen molar-refractivity contribution < 1.29 is 24.6 Å². The van der Waals surface area contributed by atoms with E-state index in [9.17, 15) is 14.4 Å². The van der Waals surface area contributed by atoms with Crippen molar-refractivity contribution in [2.75, 3.05) is 6.61 Å². The fourth-order valence-corrected chi connectivity index (χ4v) is 1.82. The van der Waals surface area contributed by atoms with Crippen molar-refractivity contribution in [2.45, 2.75) is 32.2 Å². The highest BCUT2D eigenvalue weighted by Crippen LogP contribution is 2.13. The van der Waals surface area contributed by atoms with Crippen LogP contribution in [0.4, 0.5) is 0 Å². The molecule has 0 aliphatic carbocycles. The predicted molar refractivity (Wildman–Crippen MR) is 76.3 cm³/mol. The lowest BCUT2D eigenvalue weighted by Gasteiger charge is -2.13. The van der Waals surface area contributed by atoms with Crippen LogP contribution in [-0.4, -0.2) is 40.5 Å². The first-order chi connectivity index (χ1) is 10.0. The van der Waals surface area contributed by atoms with Gasteiger partial charge in [0, 0.05) is 12.0 Å². The van der Waals surface area contributed by atoms with E-state index in [2.05, 4.69) is 5.32 Å². The van der Waals surface area contributed by atoms with Crippen molar-refractivity contribution >= 4 is 17.7 Å². The molecule has 0 fully saturated rings. The third-order valence-corrected chi connectivity index (χ3v) is 3.02. The number of rotatable bonds is 8. The van der Waals surface area contributed by atoms with E-state index >= 15 is 0 Å². The van der Waals surface area contributed by atoms with Gasteiger partial charge in [-0.2, -0.15) is 0 Å². The van der Waals surface area contributed by atoms with Gasteiger partial charge >= 0.3 is 5.97 Å². The van der Waals surface area contributed by atoms with Crippen LogP contribution in [0.2, 0.25) is 0 Å². The minimum atomic E-state index is -1.39. The second-order valence-electron chi connectivity index (χ2n) is 4.62. The van der Waals surface area contributed by atoms with Crippen LogP contribution in [0.3, 0.4) is 0 Å². The first-order valence-electron chi connectivity index (χ1n) is 6.78. The minimum absolute atomic E-state index is 0.123. The zero-order valence-corrected chi connectivity index (χ0v) is 11.8. The molecule has 1 aromatic rings. The summed E-state index contributed by atoms with van der Waals surface area (Å²) >= 11 is 0. The molecule has 0 heterocycles. The molecule has 0 spiro atoms. The number of hydrogen-bond donors (Lipinski definition) is 3. The molecule has 0 radical (unpaired) electrons. The van der Waals surface area contributed by atoms with E-state index in [1.54, 1.807) is 18.2 Å². The Morgan fingerprint density at radius 1 is 1.19 bits per heavy atom. The van der Waals surface area contributed by atoms with Crippen LogP contribution in [0, 0.1) is 0 Å². The molecule has 21 heavy (non-hydrogen) atoms. The molecule has 0 bridgehead atoms. The smallest absolute Gasteiger partial charge is 0.328 e. The molecule has 1 aromatic carbocycles. The molecule has 0 aliphatic rings. The monoisotopic (exact) mass is 293 g/mol. The van der Waals surface area contributed by atoms with Gasteiger partial charge in [0.15, 0.2) is 11.8 Å². The average molecular weight is 293 g/mol. The van der Waals surface area contributed by atoms with Gasteiger partial charge in [0.25, 0.3) is 5.91 Å². The lowest BCUT2D eigenvalue weighted by molar-refractivity contribution is -0.140. The Labute approximate surface area is 122 Å². The first kappa shape index (κ1) is 16.8. The van der Waals surface area contributed by atoms with E-state index in [1.165, 1.54) is 6.07 Å². The summed E-state index contributed by atoms with van der Waals surface area (Å²) in [6.07, 6.45) is 1.93. The quantitative estimate of drug-likeness (QED) is 0.625. The van der Waals surface area contributed by atoms with Crippen molar-refractivity contribution in [3.63, 3.8) is 0 Å². The summed E-state index contributed by atoms with van der Waals surface area (Å²) in [5.41, 5.74) is 0.392. The van der Waals surface area contributed by atoms with Gasteiger partial charge in [0.05, 0.1) is 12.2 Å². The predicted octanol–water partition coefficient (Wildman–Crippen LogP) is 1.23. The number of aliphatic hydroxyl groups excluding tert-OH is 1. The van der Waals surface area contributed by atoms with Gasteiger partial charge in [0.1, 0.15) is 0 Å². The number of carbonyl (C=O) groups excluding carboxylic acids is 2. The van der Waals surface area contributed by atoms with Crippen molar-refractivity contribution in [3.05, 3.63) is 35.4 Å². The lowest BCUT2D eigenvalue weighted by Crippen LogP contribution is -2.43. The average Bonchev–Trinajstić information content (AvgIpc) is 2.49. The number of ketones is 1. The van der Waals surface area contributed by atoms with E-state index in [1.807, 2.05) is 6.92 Å². The summed E-state index contributed by atoms with van der Waals surface area (Å²) in [7, 11) is 0. The topological polar surface area (TPSA) is 104 Å². The molecular weight excluding hydrogens is 274 g/mol. The van der Waals surface area contributed by atoms with Crippen molar-refractivity contribution in [2.24, 2.45) is 0 Å². The highest BCUT2D eigenvalue weighted by Gasteiger charge is 2.22. The Kier molecular flexibility index (Phi) is 6.55. The largest absolute Gasteiger partial charge is 0.480 e. The number of unbranched alkanes of at least 4 members (excludes halogenated alkanes) is 1. The van der Waals surface area contributed by atoms with E-state index in [0.717, 1.165) is 12.8 Å². The molecule has 0 aliphatic heterocycles. The Balaban J connectivity index is 2.94. The summed E-state index contributed by atoms with van der Waals surface area (Å²) in [6.45, 7) is 1.25. The standard InChI is InChI=1S/C15H19NO5/c1-2-3-8-13(18)10-6-4-5-7-11(10)14(19)16-12(9-17)15(20)21/h4-7,12,17H,2-3,8-9H2,1H3,(H,16,19)(H,20,21). The third kappa shape index (κ3) is 4.68. The minimum Gasteiger partial charge on any atom is -0.480 e.